The van der Waals surface area contributed by atoms with Gasteiger partial charge in [0.25, 0.3) is 0 Å². The second kappa shape index (κ2) is 8.11. The Balaban J connectivity index is 1.37. The van der Waals surface area contributed by atoms with Crippen molar-refractivity contribution in [2.24, 2.45) is 29.6 Å². The van der Waals surface area contributed by atoms with Crippen molar-refractivity contribution in [3.8, 4) is 0 Å². The Labute approximate surface area is 150 Å². The van der Waals surface area contributed by atoms with Crippen LogP contribution in [0, 0.1) is 29.6 Å². The van der Waals surface area contributed by atoms with Crippen LogP contribution in [0.2, 0.25) is 0 Å². The van der Waals surface area contributed by atoms with Crippen LogP contribution in [0.4, 0.5) is 0 Å². The molecule has 24 heavy (non-hydrogen) atoms. The van der Waals surface area contributed by atoms with Crippen LogP contribution in [0.1, 0.15) is 103 Å². The molecule has 0 bridgehead atoms. The normalized spacial score (nSPS) is 43.1. The predicted molar refractivity (Wildman–Crippen MR) is 103 cm³/mol. The summed E-state index contributed by atoms with van der Waals surface area (Å²) in [6.07, 6.45) is 22.9. The average Bonchev–Trinajstić information content (AvgIpc) is 3.13. The second-order valence-electron chi connectivity index (χ2n) is 10.0. The smallest absolute Gasteiger partial charge is 0.00980 e. The van der Waals surface area contributed by atoms with E-state index >= 15 is 0 Å². The highest BCUT2D eigenvalue weighted by molar-refractivity contribution is 4.92. The van der Waals surface area contributed by atoms with E-state index < -0.39 is 0 Å². The second-order valence-corrected chi connectivity index (χ2v) is 10.0. The van der Waals surface area contributed by atoms with E-state index in [0.29, 0.717) is 0 Å². The van der Waals surface area contributed by atoms with Gasteiger partial charge in [-0.05, 0) is 75.0 Å². The average molecular weight is 332 g/mol. The number of rotatable bonds is 2. The maximum absolute atomic E-state index is 4.10. The molecule has 1 N–H and O–H groups in total. The molecule has 1 saturated heterocycles. The van der Waals surface area contributed by atoms with E-state index in [0.717, 1.165) is 41.7 Å². The van der Waals surface area contributed by atoms with Gasteiger partial charge in [-0.3, -0.25) is 0 Å². The molecule has 1 nitrogen and oxygen atoms in total. The molecule has 3 saturated carbocycles. The molecule has 4 aliphatic rings. The van der Waals surface area contributed by atoms with E-state index in [4.69, 9.17) is 0 Å². The van der Waals surface area contributed by atoms with Gasteiger partial charge in [0.2, 0.25) is 0 Å². The Hall–Kier alpha value is -0.0400. The van der Waals surface area contributed by atoms with E-state index in [-0.39, 0.29) is 0 Å². The zero-order valence-electron chi connectivity index (χ0n) is 16.1. The summed E-state index contributed by atoms with van der Waals surface area (Å²) in [5, 5.41) is 4.10. The lowest BCUT2D eigenvalue weighted by atomic mass is 9.66. The minimum absolute atomic E-state index is 0.759. The van der Waals surface area contributed by atoms with Gasteiger partial charge in [0.05, 0.1) is 0 Å². The topological polar surface area (TPSA) is 12.0 Å². The summed E-state index contributed by atoms with van der Waals surface area (Å²) >= 11 is 0. The van der Waals surface area contributed by atoms with E-state index in [1.54, 1.807) is 25.7 Å². The van der Waals surface area contributed by atoms with Crippen LogP contribution in [-0.4, -0.2) is 12.1 Å². The monoisotopic (exact) mass is 331 g/mol. The Morgan fingerprint density at radius 3 is 1.75 bits per heavy atom. The van der Waals surface area contributed by atoms with Crippen LogP contribution in [0.15, 0.2) is 0 Å². The quantitative estimate of drug-likeness (QED) is 0.624. The summed E-state index contributed by atoms with van der Waals surface area (Å²) in [5.41, 5.74) is 0. The molecule has 0 radical (unpaired) electrons. The van der Waals surface area contributed by atoms with Crippen molar-refractivity contribution in [3.63, 3.8) is 0 Å². The summed E-state index contributed by atoms with van der Waals surface area (Å²) in [5.74, 6) is 5.27. The first-order chi connectivity index (χ1) is 11.8. The highest BCUT2D eigenvalue weighted by atomic mass is 15.0. The molecule has 4 rings (SSSR count). The number of nitrogens with one attached hydrogen (secondary N) is 1. The van der Waals surface area contributed by atoms with Gasteiger partial charge in [-0.1, -0.05) is 57.8 Å². The van der Waals surface area contributed by atoms with Gasteiger partial charge in [-0.2, -0.15) is 0 Å². The third-order valence-corrected chi connectivity index (χ3v) is 8.47. The van der Waals surface area contributed by atoms with Crippen LogP contribution in [0.25, 0.3) is 0 Å². The first-order valence-corrected chi connectivity index (χ1v) is 11.6. The van der Waals surface area contributed by atoms with E-state index in [9.17, 15) is 0 Å². The fourth-order valence-corrected chi connectivity index (χ4v) is 7.16. The third-order valence-electron chi connectivity index (χ3n) is 8.47. The molecule has 5 atom stereocenters. The standard InChI is InChI=1S/C23H41N/c1-17-15-20(18-9-5-6-10-18)11-12-22-16-21(13-14-23(22)24-17)19-7-3-2-4-8-19/h17-24H,2-16H2,1H3. The highest BCUT2D eigenvalue weighted by Crippen LogP contribution is 2.44. The number of hydrogen-bond donors (Lipinski definition) is 1. The molecule has 0 spiro atoms. The molecule has 138 valence electrons. The van der Waals surface area contributed by atoms with Gasteiger partial charge in [0.1, 0.15) is 0 Å². The summed E-state index contributed by atoms with van der Waals surface area (Å²) in [6, 6.07) is 1.61. The van der Waals surface area contributed by atoms with Crippen LogP contribution < -0.4 is 5.32 Å². The van der Waals surface area contributed by atoms with Crippen molar-refractivity contribution in [1.82, 2.24) is 5.32 Å². The van der Waals surface area contributed by atoms with Gasteiger partial charge >= 0.3 is 0 Å². The Morgan fingerprint density at radius 2 is 1.04 bits per heavy atom. The van der Waals surface area contributed by atoms with Crippen LogP contribution in [0.5, 0.6) is 0 Å². The van der Waals surface area contributed by atoms with Gasteiger partial charge in [0.15, 0.2) is 0 Å². The number of fused-ring (bicyclic) bond motifs is 1. The third kappa shape index (κ3) is 4.02. The Bertz CT molecular complexity index is 379. The fourth-order valence-electron chi connectivity index (χ4n) is 7.16. The van der Waals surface area contributed by atoms with Crippen molar-refractivity contribution < 1.29 is 0 Å². The Kier molecular flexibility index (Phi) is 5.87. The van der Waals surface area contributed by atoms with Gasteiger partial charge in [0, 0.05) is 12.1 Å². The molecule has 4 fully saturated rings. The summed E-state index contributed by atoms with van der Waals surface area (Å²) in [7, 11) is 0. The van der Waals surface area contributed by atoms with Crippen molar-refractivity contribution in [2.75, 3.05) is 0 Å². The molecule has 1 aliphatic heterocycles. The number of hydrogen-bond acceptors (Lipinski definition) is 1. The maximum atomic E-state index is 4.10. The summed E-state index contributed by atoms with van der Waals surface area (Å²) < 4.78 is 0. The molecule has 5 unspecified atom stereocenters. The molecule has 3 aliphatic carbocycles. The molecule has 1 heterocycles. The minimum Gasteiger partial charge on any atom is -0.311 e. The fraction of sp³-hybridized carbons (Fsp3) is 1.00. The van der Waals surface area contributed by atoms with E-state index in [1.807, 2.05) is 0 Å². The van der Waals surface area contributed by atoms with Crippen molar-refractivity contribution in [3.05, 3.63) is 0 Å². The van der Waals surface area contributed by atoms with Crippen LogP contribution in [0.3, 0.4) is 0 Å². The summed E-state index contributed by atoms with van der Waals surface area (Å²) in [6.45, 7) is 2.48. The SMILES string of the molecule is CC1CC(C2CCCC2)CCC2CC(C3CCCCC3)CCC2N1. The molecule has 0 aromatic carbocycles. The largest absolute Gasteiger partial charge is 0.311 e. The van der Waals surface area contributed by atoms with Crippen molar-refractivity contribution in [2.45, 2.75) is 115 Å². The molecule has 0 aromatic heterocycles. The van der Waals surface area contributed by atoms with Gasteiger partial charge < -0.3 is 5.32 Å². The molecular formula is C23H41N. The first-order valence-electron chi connectivity index (χ1n) is 11.6. The maximum Gasteiger partial charge on any atom is 0.00980 e. The van der Waals surface area contributed by atoms with Crippen LogP contribution >= 0.6 is 0 Å². The van der Waals surface area contributed by atoms with Gasteiger partial charge in [-0.15, -0.1) is 0 Å². The molecule has 0 aromatic rings. The minimum atomic E-state index is 0.759. The zero-order chi connectivity index (χ0) is 16.4. The first kappa shape index (κ1) is 17.4. The van der Waals surface area contributed by atoms with Crippen molar-refractivity contribution in [1.29, 1.82) is 0 Å². The van der Waals surface area contributed by atoms with Crippen LogP contribution in [-0.2, 0) is 0 Å². The highest BCUT2D eigenvalue weighted by Gasteiger charge is 2.37. The lowest BCUT2D eigenvalue weighted by molar-refractivity contribution is 0.0963. The van der Waals surface area contributed by atoms with E-state index in [2.05, 4.69) is 12.2 Å². The Morgan fingerprint density at radius 1 is 0.500 bits per heavy atom. The molecule has 1 heteroatoms. The van der Waals surface area contributed by atoms with Crippen molar-refractivity contribution >= 4 is 0 Å². The zero-order valence-corrected chi connectivity index (χ0v) is 16.1. The van der Waals surface area contributed by atoms with E-state index in [1.165, 1.54) is 70.6 Å². The molecular weight excluding hydrogens is 290 g/mol. The lowest BCUT2D eigenvalue weighted by Crippen LogP contribution is -2.48. The molecule has 0 amide bonds. The van der Waals surface area contributed by atoms with Gasteiger partial charge in [-0.25, -0.2) is 0 Å². The summed E-state index contributed by atoms with van der Waals surface area (Å²) in [4.78, 5) is 0. The predicted octanol–water partition coefficient (Wildman–Crippen LogP) is 6.32. The lowest BCUT2D eigenvalue weighted by Gasteiger charge is -2.44.